The molecule has 0 unspecified atom stereocenters. The number of aromatic carboxylic acids is 1. The molecule has 0 saturated carbocycles. The smallest absolute Gasteiger partial charge is 0.335 e. The van der Waals surface area contributed by atoms with E-state index in [2.05, 4.69) is 4.99 Å². The van der Waals surface area contributed by atoms with Crippen LogP contribution in [0.2, 0.25) is 10.0 Å². The average Bonchev–Trinajstić information content (AvgIpc) is 3.04. The van der Waals surface area contributed by atoms with Crippen molar-refractivity contribution in [1.29, 1.82) is 0 Å². The highest BCUT2D eigenvalue weighted by Crippen LogP contribution is 2.26. The lowest BCUT2D eigenvalue weighted by molar-refractivity contribution is 0.0697. The summed E-state index contributed by atoms with van der Waals surface area (Å²) < 4.78 is 1.91. The molecule has 0 aliphatic rings. The zero-order valence-corrected chi connectivity index (χ0v) is 13.9. The number of aliphatic imine (C=N–C) groups is 1. The fourth-order valence-corrected chi connectivity index (χ4v) is 2.50. The molecule has 24 heavy (non-hydrogen) atoms. The van der Waals surface area contributed by atoms with Gasteiger partial charge in [0, 0.05) is 11.9 Å². The molecule has 0 spiro atoms. The number of rotatable bonds is 4. The van der Waals surface area contributed by atoms with Crippen LogP contribution in [-0.2, 0) is 0 Å². The minimum Gasteiger partial charge on any atom is -0.478 e. The van der Waals surface area contributed by atoms with Crippen molar-refractivity contribution >= 4 is 41.1 Å². The number of hydrogen-bond donors (Lipinski definition) is 1. The van der Waals surface area contributed by atoms with Crippen LogP contribution in [0.5, 0.6) is 0 Å². The molecular weight excluding hydrogens is 347 g/mol. The van der Waals surface area contributed by atoms with Crippen LogP contribution >= 0.6 is 23.2 Å². The van der Waals surface area contributed by atoms with Crippen LogP contribution < -0.4 is 0 Å². The van der Waals surface area contributed by atoms with Gasteiger partial charge in [-0.2, -0.15) is 0 Å². The maximum absolute atomic E-state index is 10.9. The lowest BCUT2D eigenvalue weighted by Crippen LogP contribution is -2.00. The van der Waals surface area contributed by atoms with Crippen LogP contribution in [0.4, 0.5) is 5.69 Å². The van der Waals surface area contributed by atoms with E-state index in [0.717, 1.165) is 11.4 Å². The molecule has 0 aliphatic carbocycles. The highest BCUT2D eigenvalue weighted by Gasteiger charge is 2.05. The number of carboxylic acids is 1. The molecule has 0 amide bonds. The first-order valence-electron chi connectivity index (χ1n) is 7.05. The molecule has 1 heterocycles. The van der Waals surface area contributed by atoms with E-state index >= 15 is 0 Å². The summed E-state index contributed by atoms with van der Waals surface area (Å²) in [5, 5.41) is 9.90. The van der Waals surface area contributed by atoms with Crippen LogP contribution in [0.15, 0.2) is 65.8 Å². The number of nitrogens with zero attached hydrogens (tertiary/aromatic N) is 2. The van der Waals surface area contributed by atoms with E-state index < -0.39 is 5.97 Å². The maximum atomic E-state index is 10.9. The minimum atomic E-state index is -0.949. The molecule has 0 saturated heterocycles. The first-order chi connectivity index (χ1) is 11.5. The summed E-state index contributed by atoms with van der Waals surface area (Å²) in [5.74, 6) is -0.949. The molecule has 0 fully saturated rings. The monoisotopic (exact) mass is 358 g/mol. The van der Waals surface area contributed by atoms with Gasteiger partial charge in [-0.15, -0.1) is 0 Å². The average molecular weight is 359 g/mol. The number of carbonyl (C=O) groups is 1. The first-order valence-corrected chi connectivity index (χ1v) is 7.80. The Kier molecular flexibility index (Phi) is 4.69. The second kappa shape index (κ2) is 6.91. The van der Waals surface area contributed by atoms with Crippen molar-refractivity contribution in [3.05, 3.63) is 82.1 Å². The third-order valence-electron chi connectivity index (χ3n) is 3.42. The highest BCUT2D eigenvalue weighted by molar-refractivity contribution is 6.42. The fourth-order valence-electron chi connectivity index (χ4n) is 2.21. The molecule has 0 bridgehead atoms. The summed E-state index contributed by atoms with van der Waals surface area (Å²) in [6.07, 6.45) is 3.59. The Labute approximate surface area is 148 Å². The molecule has 2 aromatic carbocycles. The number of carboxylic acid groups (broad SMARTS) is 1. The van der Waals surface area contributed by atoms with Crippen LogP contribution in [0, 0.1) is 0 Å². The van der Waals surface area contributed by atoms with Crippen LogP contribution in [0.3, 0.4) is 0 Å². The van der Waals surface area contributed by atoms with Gasteiger partial charge in [-0.05, 0) is 54.6 Å². The van der Waals surface area contributed by atoms with E-state index in [1.165, 1.54) is 0 Å². The van der Waals surface area contributed by atoms with Crippen molar-refractivity contribution in [1.82, 2.24) is 4.57 Å². The summed E-state index contributed by atoms with van der Waals surface area (Å²) in [7, 11) is 0. The second-order valence-corrected chi connectivity index (χ2v) is 5.83. The molecule has 4 nitrogen and oxygen atoms in total. The third-order valence-corrected chi connectivity index (χ3v) is 4.16. The lowest BCUT2D eigenvalue weighted by Gasteiger charge is -2.06. The molecule has 3 rings (SSSR count). The van der Waals surface area contributed by atoms with Gasteiger partial charge in [0.2, 0.25) is 0 Å². The number of halogens is 2. The molecule has 0 aliphatic heterocycles. The molecule has 1 N–H and O–H groups in total. The topological polar surface area (TPSA) is 54.6 Å². The Morgan fingerprint density at radius 3 is 2.46 bits per heavy atom. The maximum Gasteiger partial charge on any atom is 0.335 e. The number of benzene rings is 2. The standard InChI is InChI=1S/C18H12Cl2N2O2/c19-16-8-5-13(10-17(16)20)21-11-15-2-1-9-22(15)14-6-3-12(4-7-14)18(23)24/h1-11H,(H,23,24). The summed E-state index contributed by atoms with van der Waals surface area (Å²) in [6.45, 7) is 0. The minimum absolute atomic E-state index is 0.247. The van der Waals surface area contributed by atoms with E-state index in [4.69, 9.17) is 28.3 Å². The Morgan fingerprint density at radius 1 is 1.04 bits per heavy atom. The molecule has 1 aromatic heterocycles. The van der Waals surface area contributed by atoms with Gasteiger partial charge in [0.1, 0.15) is 0 Å². The van der Waals surface area contributed by atoms with Crippen LogP contribution in [0.1, 0.15) is 16.1 Å². The zero-order valence-electron chi connectivity index (χ0n) is 12.4. The van der Waals surface area contributed by atoms with Crippen molar-refractivity contribution in [2.75, 3.05) is 0 Å². The Morgan fingerprint density at radius 2 is 1.79 bits per heavy atom. The first kappa shape index (κ1) is 16.3. The molecule has 6 heteroatoms. The van der Waals surface area contributed by atoms with Crippen molar-refractivity contribution in [3.63, 3.8) is 0 Å². The van der Waals surface area contributed by atoms with E-state index in [9.17, 15) is 4.79 Å². The molecule has 0 radical (unpaired) electrons. The number of aromatic nitrogens is 1. The summed E-state index contributed by atoms with van der Waals surface area (Å²) in [4.78, 5) is 15.3. The van der Waals surface area contributed by atoms with Gasteiger partial charge in [0.25, 0.3) is 0 Å². The predicted octanol–water partition coefficient (Wildman–Crippen LogP) is 5.23. The van der Waals surface area contributed by atoms with Gasteiger partial charge in [-0.1, -0.05) is 23.2 Å². The fraction of sp³-hybridized carbons (Fsp3) is 0. The predicted molar refractivity (Wildman–Crippen MR) is 96.4 cm³/mol. The summed E-state index contributed by atoms with van der Waals surface area (Å²) >= 11 is 11.9. The van der Waals surface area contributed by atoms with Gasteiger partial charge in [-0.25, -0.2) is 4.79 Å². The van der Waals surface area contributed by atoms with E-state index in [0.29, 0.717) is 15.7 Å². The van der Waals surface area contributed by atoms with Gasteiger partial charge < -0.3 is 9.67 Å². The van der Waals surface area contributed by atoms with Crippen molar-refractivity contribution in [2.24, 2.45) is 4.99 Å². The van der Waals surface area contributed by atoms with Crippen LogP contribution in [-0.4, -0.2) is 21.9 Å². The third kappa shape index (κ3) is 3.50. The van der Waals surface area contributed by atoms with Gasteiger partial charge in [0.15, 0.2) is 0 Å². The largest absolute Gasteiger partial charge is 0.478 e. The van der Waals surface area contributed by atoms with Crippen molar-refractivity contribution in [3.8, 4) is 5.69 Å². The Hall–Kier alpha value is -2.56. The van der Waals surface area contributed by atoms with Crippen LogP contribution in [0.25, 0.3) is 5.69 Å². The molecule has 120 valence electrons. The van der Waals surface area contributed by atoms with Crippen molar-refractivity contribution < 1.29 is 9.90 Å². The lowest BCUT2D eigenvalue weighted by atomic mass is 10.2. The molecule has 3 aromatic rings. The second-order valence-electron chi connectivity index (χ2n) is 5.01. The molecule has 0 atom stereocenters. The van der Waals surface area contributed by atoms with E-state index in [-0.39, 0.29) is 5.56 Å². The van der Waals surface area contributed by atoms with Crippen molar-refractivity contribution in [2.45, 2.75) is 0 Å². The SMILES string of the molecule is O=C(O)c1ccc(-n2cccc2C=Nc2ccc(Cl)c(Cl)c2)cc1. The van der Waals surface area contributed by atoms with E-state index in [1.807, 2.05) is 22.9 Å². The molecular formula is C18H12Cl2N2O2. The Balaban J connectivity index is 1.88. The number of hydrogen-bond acceptors (Lipinski definition) is 2. The van der Waals surface area contributed by atoms with Gasteiger partial charge in [-0.3, -0.25) is 4.99 Å². The van der Waals surface area contributed by atoms with E-state index in [1.54, 1.807) is 48.7 Å². The summed E-state index contributed by atoms with van der Waals surface area (Å²) in [6, 6.07) is 15.6. The summed E-state index contributed by atoms with van der Waals surface area (Å²) in [5.41, 5.74) is 2.64. The normalized spacial score (nSPS) is 11.1. The Bertz CT molecular complexity index is 915. The van der Waals surface area contributed by atoms with Gasteiger partial charge in [0.05, 0.1) is 33.2 Å². The zero-order chi connectivity index (χ0) is 17.1. The highest BCUT2D eigenvalue weighted by atomic mass is 35.5. The van der Waals surface area contributed by atoms with Gasteiger partial charge >= 0.3 is 5.97 Å². The quantitative estimate of drug-likeness (QED) is 0.648.